The van der Waals surface area contributed by atoms with Crippen molar-refractivity contribution in [2.45, 2.75) is 39.7 Å². The zero-order valence-corrected chi connectivity index (χ0v) is 12.7. The summed E-state index contributed by atoms with van der Waals surface area (Å²) < 4.78 is 0. The van der Waals surface area contributed by atoms with Crippen LogP contribution in [-0.2, 0) is 0 Å². The number of aromatic nitrogens is 1. The summed E-state index contributed by atoms with van der Waals surface area (Å²) in [4.78, 5) is 15.7. The van der Waals surface area contributed by atoms with Gasteiger partial charge >= 0.3 is 0 Å². The molecule has 0 radical (unpaired) electrons. The molecule has 1 aromatic rings. The number of nitrogens with one attached hydrogen (secondary N) is 2. The summed E-state index contributed by atoms with van der Waals surface area (Å²) in [5.41, 5.74) is 0.369. The highest BCUT2D eigenvalue weighted by Crippen LogP contribution is 2.20. The average Bonchev–Trinajstić information content (AvgIpc) is 2.45. The number of nitrogens with zero attached hydrogens (tertiary/aromatic N) is 1. The van der Waals surface area contributed by atoms with Gasteiger partial charge < -0.3 is 15.7 Å². The van der Waals surface area contributed by atoms with Crippen LogP contribution in [0.5, 0.6) is 0 Å². The molecule has 0 saturated heterocycles. The van der Waals surface area contributed by atoms with Crippen LogP contribution >= 0.6 is 0 Å². The molecule has 0 aliphatic carbocycles. The fourth-order valence-corrected chi connectivity index (χ4v) is 1.81. The molecule has 5 nitrogen and oxygen atoms in total. The molecule has 1 aromatic heterocycles. The van der Waals surface area contributed by atoms with Crippen LogP contribution in [0.2, 0.25) is 0 Å². The van der Waals surface area contributed by atoms with Crippen LogP contribution in [0.3, 0.4) is 0 Å². The maximum absolute atomic E-state index is 11.7. The van der Waals surface area contributed by atoms with Gasteiger partial charge in [0.2, 0.25) is 0 Å². The molecule has 2 atom stereocenters. The minimum Gasteiger partial charge on any atom is -0.388 e. The highest BCUT2D eigenvalue weighted by atomic mass is 16.3. The number of aliphatic hydroxyl groups is 1. The van der Waals surface area contributed by atoms with E-state index in [9.17, 15) is 9.90 Å². The molecule has 0 unspecified atom stereocenters. The number of anilines is 1. The monoisotopic (exact) mass is 279 g/mol. The number of amides is 1. The van der Waals surface area contributed by atoms with E-state index in [4.69, 9.17) is 0 Å². The lowest BCUT2D eigenvalue weighted by atomic mass is 9.88. The van der Waals surface area contributed by atoms with E-state index in [1.807, 2.05) is 20.8 Å². The van der Waals surface area contributed by atoms with Gasteiger partial charge in [-0.15, -0.1) is 0 Å². The quantitative estimate of drug-likeness (QED) is 0.714. The smallest absolute Gasteiger partial charge is 0.269 e. The largest absolute Gasteiger partial charge is 0.388 e. The number of carbonyl (C=O) groups excluding carboxylic acids is 1. The Balaban J connectivity index is 2.69. The predicted octanol–water partition coefficient (Wildman–Crippen LogP) is 2.04. The Morgan fingerprint density at radius 3 is 2.80 bits per heavy atom. The normalized spacial score (nSPS) is 15.2. The number of hydrogen-bond donors (Lipinski definition) is 3. The molecule has 3 N–H and O–H groups in total. The van der Waals surface area contributed by atoms with E-state index in [0.717, 1.165) is 12.1 Å². The van der Waals surface area contributed by atoms with Crippen molar-refractivity contribution in [3.63, 3.8) is 0 Å². The fraction of sp³-hybridized carbons (Fsp3) is 0.600. The van der Waals surface area contributed by atoms with E-state index in [1.165, 1.54) is 0 Å². The van der Waals surface area contributed by atoms with Crippen LogP contribution in [0.4, 0.5) is 5.69 Å². The molecule has 0 saturated carbocycles. The van der Waals surface area contributed by atoms with Crippen LogP contribution in [0.1, 0.15) is 44.6 Å². The zero-order chi connectivity index (χ0) is 15.2. The Morgan fingerprint density at radius 1 is 1.50 bits per heavy atom. The van der Waals surface area contributed by atoms with Gasteiger partial charge in [-0.3, -0.25) is 9.78 Å². The zero-order valence-electron chi connectivity index (χ0n) is 12.7. The highest BCUT2D eigenvalue weighted by Gasteiger charge is 2.26. The summed E-state index contributed by atoms with van der Waals surface area (Å²) >= 11 is 0. The first kappa shape index (κ1) is 16.4. The van der Waals surface area contributed by atoms with Gasteiger partial charge in [-0.1, -0.05) is 20.3 Å². The van der Waals surface area contributed by atoms with Gasteiger partial charge in [-0.05, 0) is 31.9 Å². The lowest BCUT2D eigenvalue weighted by Crippen LogP contribution is -2.39. The first-order valence-electron chi connectivity index (χ1n) is 7.11. The van der Waals surface area contributed by atoms with Crippen molar-refractivity contribution >= 4 is 11.6 Å². The fourth-order valence-electron chi connectivity index (χ4n) is 1.81. The molecule has 1 amide bonds. The second-order valence-electron chi connectivity index (χ2n) is 5.31. The summed E-state index contributed by atoms with van der Waals surface area (Å²) in [7, 11) is 0. The van der Waals surface area contributed by atoms with Crippen LogP contribution in [0.25, 0.3) is 0 Å². The van der Waals surface area contributed by atoms with E-state index >= 15 is 0 Å². The van der Waals surface area contributed by atoms with Crippen LogP contribution < -0.4 is 10.6 Å². The Kier molecular flexibility index (Phi) is 5.95. The summed E-state index contributed by atoms with van der Waals surface area (Å²) in [6, 6.07) is 3.48. The van der Waals surface area contributed by atoms with Gasteiger partial charge in [0.15, 0.2) is 0 Å². The van der Waals surface area contributed by atoms with Crippen molar-refractivity contribution in [2.75, 3.05) is 18.4 Å². The maximum atomic E-state index is 11.7. The molecule has 112 valence electrons. The number of pyridine rings is 1. The Labute approximate surface area is 120 Å². The molecule has 0 spiro atoms. The molecule has 1 rings (SSSR count). The molecular weight excluding hydrogens is 254 g/mol. The third-order valence-corrected chi connectivity index (χ3v) is 3.65. The van der Waals surface area contributed by atoms with E-state index < -0.39 is 5.60 Å². The molecule has 20 heavy (non-hydrogen) atoms. The molecule has 5 heteroatoms. The van der Waals surface area contributed by atoms with Crippen LogP contribution in [0, 0.1) is 5.92 Å². The molecule has 1 heterocycles. The number of hydrogen-bond acceptors (Lipinski definition) is 4. The molecule has 0 aliphatic heterocycles. The Hall–Kier alpha value is -1.62. The second-order valence-corrected chi connectivity index (χ2v) is 5.31. The molecular formula is C15H25N3O2. The van der Waals surface area contributed by atoms with Crippen molar-refractivity contribution in [2.24, 2.45) is 5.92 Å². The van der Waals surface area contributed by atoms with Crippen LogP contribution in [0.15, 0.2) is 18.3 Å². The van der Waals surface area contributed by atoms with Gasteiger partial charge in [-0.2, -0.15) is 0 Å². The van der Waals surface area contributed by atoms with Crippen molar-refractivity contribution in [3.8, 4) is 0 Å². The van der Waals surface area contributed by atoms with E-state index in [1.54, 1.807) is 18.3 Å². The summed E-state index contributed by atoms with van der Waals surface area (Å²) in [6.45, 7) is 8.76. The lowest BCUT2D eigenvalue weighted by Gasteiger charge is -2.30. The first-order valence-corrected chi connectivity index (χ1v) is 7.11. The first-order chi connectivity index (χ1) is 9.40. The van der Waals surface area contributed by atoms with Gasteiger partial charge in [0.05, 0.1) is 5.60 Å². The topological polar surface area (TPSA) is 74.2 Å². The Bertz CT molecular complexity index is 446. The van der Waals surface area contributed by atoms with Gasteiger partial charge in [0.1, 0.15) is 5.69 Å². The minimum atomic E-state index is -0.788. The maximum Gasteiger partial charge on any atom is 0.269 e. The summed E-state index contributed by atoms with van der Waals surface area (Å²) in [5.74, 6) is 0.00420. The average molecular weight is 279 g/mol. The predicted molar refractivity (Wildman–Crippen MR) is 80.8 cm³/mol. The van der Waals surface area contributed by atoms with Crippen molar-refractivity contribution < 1.29 is 9.90 Å². The Morgan fingerprint density at radius 2 is 2.20 bits per heavy atom. The third kappa shape index (κ3) is 4.49. The standard InChI is InChI=1S/C15H25N3O2/c1-5-11(3)15(4,20)10-18-12-7-8-17-13(9-12)14(19)16-6-2/h7-9,11,20H,5-6,10H2,1-4H3,(H,16,19)(H,17,18)/t11-,15-/m1/s1. The van der Waals surface area contributed by atoms with Crippen molar-refractivity contribution in [1.82, 2.24) is 10.3 Å². The number of carbonyl (C=O) groups is 1. The molecule has 0 aliphatic rings. The highest BCUT2D eigenvalue weighted by molar-refractivity contribution is 5.93. The molecule has 0 aromatic carbocycles. The SMILES string of the molecule is CCNC(=O)c1cc(NC[C@@](C)(O)[C@H](C)CC)ccn1. The second kappa shape index (κ2) is 7.24. The lowest BCUT2D eigenvalue weighted by molar-refractivity contribution is 0.0176. The molecule has 0 bridgehead atoms. The van der Waals surface area contributed by atoms with E-state index in [2.05, 4.69) is 22.5 Å². The third-order valence-electron chi connectivity index (χ3n) is 3.65. The van der Waals surface area contributed by atoms with Gasteiger partial charge in [-0.25, -0.2) is 0 Å². The van der Waals surface area contributed by atoms with Crippen LogP contribution in [-0.4, -0.2) is 34.7 Å². The summed E-state index contributed by atoms with van der Waals surface area (Å²) in [5, 5.41) is 16.2. The van der Waals surface area contributed by atoms with Gasteiger partial charge in [0, 0.05) is 25.0 Å². The number of rotatable bonds is 7. The minimum absolute atomic E-state index is 0.190. The van der Waals surface area contributed by atoms with E-state index in [0.29, 0.717) is 18.8 Å². The van der Waals surface area contributed by atoms with E-state index in [-0.39, 0.29) is 11.8 Å². The molecule has 0 fully saturated rings. The van der Waals surface area contributed by atoms with Crippen molar-refractivity contribution in [3.05, 3.63) is 24.0 Å². The summed E-state index contributed by atoms with van der Waals surface area (Å²) in [6.07, 6.45) is 2.50. The van der Waals surface area contributed by atoms with Gasteiger partial charge in [0.25, 0.3) is 5.91 Å². The van der Waals surface area contributed by atoms with Crippen molar-refractivity contribution in [1.29, 1.82) is 0 Å².